The highest BCUT2D eigenvalue weighted by Gasteiger charge is 2.47. The second kappa shape index (κ2) is 21.2. The van der Waals surface area contributed by atoms with Gasteiger partial charge in [-0.1, -0.05) is 136 Å². The highest BCUT2D eigenvalue weighted by molar-refractivity contribution is 6.10. The molecule has 0 amide bonds. The Balaban J connectivity index is 0.839. The second-order valence-electron chi connectivity index (χ2n) is 21.1. The van der Waals surface area contributed by atoms with Crippen LogP contribution in [-0.2, 0) is 17.6 Å². The highest BCUT2D eigenvalue weighted by Crippen LogP contribution is 2.59. The number of aryl methyl sites for hydroxylation is 1. The van der Waals surface area contributed by atoms with Crippen molar-refractivity contribution in [3.63, 3.8) is 0 Å². The van der Waals surface area contributed by atoms with Crippen LogP contribution in [0.5, 0.6) is 17.2 Å². The number of piperazine rings is 2. The average Bonchev–Trinajstić information content (AvgIpc) is 4.06. The van der Waals surface area contributed by atoms with E-state index in [0.717, 1.165) is 138 Å². The van der Waals surface area contributed by atoms with Crippen molar-refractivity contribution in [2.45, 2.75) is 63.6 Å². The summed E-state index contributed by atoms with van der Waals surface area (Å²) in [5.41, 5.74) is 10.9. The number of benzene rings is 8. The molecule has 8 aromatic rings. The number of unbranched alkanes of at least 4 members (excludes halogenated alkanes) is 3. The molecule has 0 spiro atoms. The van der Waals surface area contributed by atoms with Crippen molar-refractivity contribution in [2.75, 3.05) is 79.1 Å². The lowest BCUT2D eigenvalue weighted by Gasteiger charge is -2.40. The Morgan fingerprint density at radius 1 is 0.610 bits per heavy atom. The van der Waals surface area contributed by atoms with Gasteiger partial charge < -0.3 is 38.9 Å². The molecule has 12 rings (SSSR count). The molecule has 0 saturated carbocycles. The summed E-state index contributed by atoms with van der Waals surface area (Å²) in [5.74, 6) is 1.66. The normalized spacial score (nSPS) is 18.6. The Kier molecular flexibility index (Phi) is 13.7. The van der Waals surface area contributed by atoms with Gasteiger partial charge in [-0.25, -0.2) is 4.79 Å². The van der Waals surface area contributed by atoms with Crippen molar-refractivity contribution in [3.05, 3.63) is 215 Å². The molecule has 1 N–H and O–H groups in total. The maximum absolute atomic E-state index is 13.1. The monoisotopic (exact) mass is 1020 g/mol. The standard InChI is InChI=1S/C68H68N4O5/c1-4-6-7-10-17-48-24-26-49(27-25-48)66(73)76-55-34-32-54(33-35-55)71-42-44-72(45-43-71)61-46-58-59(47-62(61)75-3)65-57(64-63(58)56-22-15-16-23-60(56)67(64,74)5-2)36-37-68(77-65,50-18-11-8-12-19-50)51-28-30-53(31-29-51)70-40-38-69(39-41-70)52-20-13-9-14-21-52/h8-9,11-16,18-37,46-47,74H,4-7,10,17,38-45H2,1-3H3. The van der Waals surface area contributed by atoms with Gasteiger partial charge in [0, 0.05) is 97.1 Å². The fourth-order valence-corrected chi connectivity index (χ4v) is 12.4. The second-order valence-corrected chi connectivity index (χ2v) is 21.1. The summed E-state index contributed by atoms with van der Waals surface area (Å²) in [5, 5.41) is 15.0. The number of methoxy groups -OCH3 is 1. The summed E-state index contributed by atoms with van der Waals surface area (Å²) in [6.45, 7) is 11.2. The Bertz CT molecular complexity index is 3420. The maximum Gasteiger partial charge on any atom is 0.343 e. The molecular formula is C68H68N4O5. The summed E-state index contributed by atoms with van der Waals surface area (Å²) in [6, 6.07) is 58.6. The topological polar surface area (TPSA) is 78.0 Å². The number of para-hydroxylation sites is 1. The molecule has 4 aliphatic rings. The number of rotatable bonds is 15. The van der Waals surface area contributed by atoms with Crippen molar-refractivity contribution in [1.29, 1.82) is 0 Å². The summed E-state index contributed by atoms with van der Waals surface area (Å²) in [6.07, 6.45) is 10.8. The molecule has 1 aliphatic carbocycles. The minimum Gasteiger partial charge on any atom is -0.495 e. The number of esters is 1. The highest BCUT2D eigenvalue weighted by atomic mass is 16.5. The third-order valence-electron chi connectivity index (χ3n) is 16.7. The van der Waals surface area contributed by atoms with Crippen molar-refractivity contribution in [1.82, 2.24) is 0 Å². The van der Waals surface area contributed by atoms with Crippen LogP contribution in [0.4, 0.5) is 22.7 Å². The lowest BCUT2D eigenvalue weighted by molar-refractivity contribution is 0.0734. The number of carbonyl (C=O) groups is 1. The molecular weight excluding hydrogens is 953 g/mol. The Morgan fingerprint density at radius 2 is 1.19 bits per heavy atom. The van der Waals surface area contributed by atoms with Gasteiger partial charge in [-0.05, 0) is 126 Å². The lowest BCUT2D eigenvalue weighted by atomic mass is 9.79. The summed E-state index contributed by atoms with van der Waals surface area (Å²) in [7, 11) is 1.75. The van der Waals surface area contributed by atoms with Gasteiger partial charge in [0.2, 0.25) is 0 Å². The molecule has 2 atom stereocenters. The van der Waals surface area contributed by atoms with E-state index in [2.05, 4.69) is 161 Å². The zero-order valence-corrected chi connectivity index (χ0v) is 44.6. The minimum absolute atomic E-state index is 0.351. The van der Waals surface area contributed by atoms with E-state index in [1.165, 1.54) is 36.2 Å². The molecule has 77 heavy (non-hydrogen) atoms. The largest absolute Gasteiger partial charge is 0.495 e. The van der Waals surface area contributed by atoms with Crippen LogP contribution in [0.3, 0.4) is 0 Å². The number of fused-ring (bicyclic) bond motifs is 8. The zero-order chi connectivity index (χ0) is 52.5. The fraction of sp³-hybridized carbons (Fsp3) is 0.279. The molecule has 9 nitrogen and oxygen atoms in total. The molecule has 0 aromatic heterocycles. The van der Waals surface area contributed by atoms with Crippen molar-refractivity contribution < 1.29 is 24.1 Å². The van der Waals surface area contributed by atoms with Crippen molar-refractivity contribution >= 4 is 45.6 Å². The van der Waals surface area contributed by atoms with Crippen LogP contribution >= 0.6 is 0 Å². The number of hydrogen-bond donors (Lipinski definition) is 1. The molecule has 8 aromatic carbocycles. The van der Waals surface area contributed by atoms with Crippen LogP contribution in [0.25, 0.3) is 28.0 Å². The van der Waals surface area contributed by atoms with E-state index in [-0.39, 0.29) is 5.97 Å². The van der Waals surface area contributed by atoms with Crippen LogP contribution in [0.2, 0.25) is 0 Å². The molecule has 0 radical (unpaired) electrons. The van der Waals surface area contributed by atoms with Crippen LogP contribution in [0.1, 0.15) is 89.7 Å². The first-order chi connectivity index (χ1) is 37.8. The molecule has 0 bridgehead atoms. The van der Waals surface area contributed by atoms with Crippen LogP contribution in [-0.4, -0.2) is 70.5 Å². The summed E-state index contributed by atoms with van der Waals surface area (Å²) >= 11 is 0. The lowest BCUT2D eigenvalue weighted by Crippen LogP contribution is -2.46. The van der Waals surface area contributed by atoms with Gasteiger partial charge in [0.1, 0.15) is 22.8 Å². The average molecular weight is 1020 g/mol. The Labute approximate surface area is 453 Å². The summed E-state index contributed by atoms with van der Waals surface area (Å²) in [4.78, 5) is 22.9. The third kappa shape index (κ3) is 9.24. The van der Waals surface area contributed by atoms with E-state index in [9.17, 15) is 9.90 Å². The van der Waals surface area contributed by atoms with Crippen LogP contribution < -0.4 is 33.8 Å². The molecule has 9 heteroatoms. The minimum atomic E-state index is -1.24. The first kappa shape index (κ1) is 49.8. The van der Waals surface area contributed by atoms with Gasteiger partial charge in [-0.2, -0.15) is 0 Å². The molecule has 3 aliphatic heterocycles. The van der Waals surface area contributed by atoms with Crippen molar-refractivity contribution in [2.24, 2.45) is 0 Å². The van der Waals surface area contributed by atoms with E-state index in [4.69, 9.17) is 14.2 Å². The first-order valence-electron chi connectivity index (χ1n) is 27.8. The van der Waals surface area contributed by atoms with Gasteiger partial charge in [-0.3, -0.25) is 0 Å². The van der Waals surface area contributed by atoms with E-state index < -0.39 is 11.2 Å². The molecule has 2 unspecified atom stereocenters. The third-order valence-corrected chi connectivity index (χ3v) is 16.7. The number of aliphatic hydroxyl groups is 1. The molecule has 3 heterocycles. The van der Waals surface area contributed by atoms with Gasteiger partial charge in [-0.15, -0.1) is 0 Å². The number of hydrogen-bond acceptors (Lipinski definition) is 9. The van der Waals surface area contributed by atoms with Crippen LogP contribution in [0.15, 0.2) is 176 Å². The van der Waals surface area contributed by atoms with Gasteiger partial charge in [0.25, 0.3) is 0 Å². The van der Waals surface area contributed by atoms with E-state index in [1.54, 1.807) is 7.11 Å². The maximum atomic E-state index is 13.1. The number of carbonyl (C=O) groups excluding carboxylic acids is 1. The molecule has 390 valence electrons. The van der Waals surface area contributed by atoms with Gasteiger partial charge in [0.05, 0.1) is 18.4 Å². The smallest absolute Gasteiger partial charge is 0.343 e. The SMILES string of the molecule is CCCCCCc1ccc(C(=O)Oc2ccc(N3CCN(c4cc5c6c(c7c(c5cc4OC)OC(c4ccccc4)(c4ccc(N5CCN(c8ccccc8)CC5)cc4)C=C7)C(O)(CC)c4ccccc4-6)CC3)cc2)cc1. The Hall–Kier alpha value is -8.01. The number of nitrogens with zero attached hydrogens (tertiary/aromatic N) is 4. The fourth-order valence-electron chi connectivity index (χ4n) is 12.4. The number of ether oxygens (including phenoxy) is 3. The predicted molar refractivity (Wildman–Crippen MR) is 314 cm³/mol. The van der Waals surface area contributed by atoms with E-state index >= 15 is 0 Å². The number of anilines is 4. The van der Waals surface area contributed by atoms with Crippen LogP contribution in [0, 0.1) is 0 Å². The first-order valence-corrected chi connectivity index (χ1v) is 27.8. The van der Waals surface area contributed by atoms with E-state index in [0.29, 0.717) is 17.7 Å². The molecule has 2 saturated heterocycles. The molecule has 2 fully saturated rings. The quantitative estimate of drug-likeness (QED) is 0.0614. The Morgan fingerprint density at radius 3 is 1.83 bits per heavy atom. The van der Waals surface area contributed by atoms with Gasteiger partial charge >= 0.3 is 5.97 Å². The zero-order valence-electron chi connectivity index (χ0n) is 44.6. The van der Waals surface area contributed by atoms with Crippen molar-refractivity contribution in [3.8, 4) is 28.4 Å². The van der Waals surface area contributed by atoms with E-state index in [1.807, 2.05) is 54.6 Å². The summed E-state index contributed by atoms with van der Waals surface area (Å²) < 4.78 is 19.9. The van der Waals surface area contributed by atoms with Gasteiger partial charge in [0.15, 0.2) is 5.60 Å². The predicted octanol–water partition coefficient (Wildman–Crippen LogP) is 13.8.